The topological polar surface area (TPSA) is 60.7 Å². The number of halogens is 1. The van der Waals surface area contributed by atoms with Crippen LogP contribution in [0.5, 0.6) is 17.2 Å². The van der Waals surface area contributed by atoms with E-state index in [0.29, 0.717) is 0 Å². The van der Waals surface area contributed by atoms with E-state index >= 15 is 0 Å². The van der Waals surface area contributed by atoms with Crippen LogP contribution in [-0.2, 0) is 0 Å². The molecule has 3 nitrogen and oxygen atoms in total. The SMILES string of the molecule is Oc1ccc(C=Cc2cc(O)cc(O)c2F)cc1. The summed E-state index contributed by atoms with van der Waals surface area (Å²) in [5.41, 5.74) is 0.843. The van der Waals surface area contributed by atoms with E-state index in [0.717, 1.165) is 11.6 Å². The van der Waals surface area contributed by atoms with Gasteiger partial charge in [-0.05, 0) is 23.8 Å². The molecule has 0 bridgehead atoms. The van der Waals surface area contributed by atoms with Crippen LogP contribution in [0.25, 0.3) is 12.2 Å². The third-order valence-electron chi connectivity index (χ3n) is 2.41. The highest BCUT2D eigenvalue weighted by Crippen LogP contribution is 2.26. The van der Waals surface area contributed by atoms with Crippen LogP contribution < -0.4 is 0 Å². The Balaban J connectivity index is 2.31. The third kappa shape index (κ3) is 2.60. The summed E-state index contributed by atoms with van der Waals surface area (Å²) in [6.45, 7) is 0. The van der Waals surface area contributed by atoms with Gasteiger partial charge >= 0.3 is 0 Å². The van der Waals surface area contributed by atoms with Gasteiger partial charge in [-0.2, -0.15) is 0 Å². The van der Waals surface area contributed by atoms with E-state index in [-0.39, 0.29) is 17.1 Å². The molecular weight excluding hydrogens is 235 g/mol. The lowest BCUT2D eigenvalue weighted by Gasteiger charge is -2.01. The van der Waals surface area contributed by atoms with Crippen LogP contribution in [0.4, 0.5) is 4.39 Å². The second-order valence-corrected chi connectivity index (χ2v) is 3.79. The molecule has 2 aromatic rings. The summed E-state index contributed by atoms with van der Waals surface area (Å²) < 4.78 is 13.5. The predicted octanol–water partition coefficient (Wildman–Crippen LogP) is 3.11. The summed E-state index contributed by atoms with van der Waals surface area (Å²) in [6, 6.07) is 8.49. The zero-order chi connectivity index (χ0) is 13.1. The quantitative estimate of drug-likeness (QED) is 0.713. The molecule has 0 heterocycles. The summed E-state index contributed by atoms with van der Waals surface area (Å²) in [7, 11) is 0. The molecule has 0 aliphatic rings. The molecule has 0 aliphatic carbocycles. The maximum absolute atomic E-state index is 13.5. The minimum atomic E-state index is -0.789. The molecule has 0 unspecified atom stereocenters. The van der Waals surface area contributed by atoms with Gasteiger partial charge in [-0.25, -0.2) is 4.39 Å². The first-order valence-corrected chi connectivity index (χ1v) is 5.25. The molecule has 0 radical (unpaired) electrons. The Morgan fingerprint density at radius 2 is 1.50 bits per heavy atom. The minimum Gasteiger partial charge on any atom is -0.508 e. The number of benzene rings is 2. The van der Waals surface area contributed by atoms with Crippen molar-refractivity contribution in [3.8, 4) is 17.2 Å². The Hall–Kier alpha value is -2.49. The molecule has 0 atom stereocenters. The summed E-state index contributed by atoms with van der Waals surface area (Å²) in [4.78, 5) is 0. The molecule has 2 aromatic carbocycles. The summed E-state index contributed by atoms with van der Waals surface area (Å²) in [5, 5.41) is 27.6. The molecule has 92 valence electrons. The van der Waals surface area contributed by atoms with Crippen molar-refractivity contribution in [2.75, 3.05) is 0 Å². The van der Waals surface area contributed by atoms with E-state index in [1.54, 1.807) is 18.2 Å². The largest absolute Gasteiger partial charge is 0.508 e. The fourth-order valence-electron chi connectivity index (χ4n) is 1.51. The molecule has 2 rings (SSSR count). The lowest BCUT2D eigenvalue weighted by Crippen LogP contribution is -1.83. The van der Waals surface area contributed by atoms with E-state index < -0.39 is 11.6 Å². The number of hydrogen-bond donors (Lipinski definition) is 3. The van der Waals surface area contributed by atoms with E-state index in [4.69, 9.17) is 5.11 Å². The highest BCUT2D eigenvalue weighted by atomic mass is 19.1. The molecule has 0 saturated heterocycles. The van der Waals surface area contributed by atoms with Gasteiger partial charge in [0.2, 0.25) is 0 Å². The number of aromatic hydroxyl groups is 3. The smallest absolute Gasteiger partial charge is 0.172 e. The second-order valence-electron chi connectivity index (χ2n) is 3.79. The highest BCUT2D eigenvalue weighted by molar-refractivity contribution is 5.71. The molecule has 18 heavy (non-hydrogen) atoms. The van der Waals surface area contributed by atoms with Crippen LogP contribution in [0.2, 0.25) is 0 Å². The zero-order valence-corrected chi connectivity index (χ0v) is 9.34. The van der Waals surface area contributed by atoms with Crippen molar-refractivity contribution in [2.24, 2.45) is 0 Å². The van der Waals surface area contributed by atoms with Crippen molar-refractivity contribution in [1.29, 1.82) is 0 Å². The highest BCUT2D eigenvalue weighted by Gasteiger charge is 2.07. The molecule has 3 N–H and O–H groups in total. The molecule has 0 aliphatic heterocycles. The lowest BCUT2D eigenvalue weighted by atomic mass is 10.1. The Labute approximate surface area is 103 Å². The van der Waals surface area contributed by atoms with Crippen molar-refractivity contribution < 1.29 is 19.7 Å². The standard InChI is InChI=1S/C14H11FO3/c15-14-10(7-12(17)8-13(14)18)4-1-9-2-5-11(16)6-3-9/h1-8,16-18H. The molecule has 0 amide bonds. The number of rotatable bonds is 2. The first-order chi connectivity index (χ1) is 8.56. The maximum atomic E-state index is 13.5. The molecular formula is C14H11FO3. The third-order valence-corrected chi connectivity index (χ3v) is 2.41. The van der Waals surface area contributed by atoms with E-state index in [2.05, 4.69) is 0 Å². The van der Waals surface area contributed by atoms with Crippen molar-refractivity contribution >= 4 is 12.2 Å². The van der Waals surface area contributed by atoms with Gasteiger partial charge in [0.1, 0.15) is 11.5 Å². The van der Waals surface area contributed by atoms with Gasteiger partial charge in [-0.1, -0.05) is 24.3 Å². The van der Waals surface area contributed by atoms with Gasteiger partial charge in [0.25, 0.3) is 0 Å². The van der Waals surface area contributed by atoms with Crippen molar-refractivity contribution in [3.05, 3.63) is 53.3 Å². The predicted molar refractivity (Wildman–Crippen MR) is 66.8 cm³/mol. The Morgan fingerprint density at radius 3 is 2.17 bits per heavy atom. The molecule has 0 saturated carbocycles. The first-order valence-electron chi connectivity index (χ1n) is 5.25. The number of phenolic OH excluding ortho intramolecular Hbond substituents is 3. The number of phenols is 3. The van der Waals surface area contributed by atoms with Gasteiger partial charge in [-0.15, -0.1) is 0 Å². The van der Waals surface area contributed by atoms with Gasteiger partial charge in [0.05, 0.1) is 0 Å². The van der Waals surface area contributed by atoms with Gasteiger partial charge in [-0.3, -0.25) is 0 Å². The van der Waals surface area contributed by atoms with Crippen LogP contribution in [0.3, 0.4) is 0 Å². The maximum Gasteiger partial charge on any atom is 0.172 e. The van der Waals surface area contributed by atoms with Crippen molar-refractivity contribution in [2.45, 2.75) is 0 Å². The Bertz CT molecular complexity index is 589. The van der Waals surface area contributed by atoms with Crippen molar-refractivity contribution in [3.63, 3.8) is 0 Å². The zero-order valence-electron chi connectivity index (χ0n) is 9.34. The molecule has 0 fully saturated rings. The van der Waals surface area contributed by atoms with E-state index in [1.807, 2.05) is 0 Å². The van der Waals surface area contributed by atoms with E-state index in [1.165, 1.54) is 24.3 Å². The monoisotopic (exact) mass is 246 g/mol. The van der Waals surface area contributed by atoms with Crippen LogP contribution >= 0.6 is 0 Å². The second kappa shape index (κ2) is 4.79. The van der Waals surface area contributed by atoms with Crippen LogP contribution in [-0.4, -0.2) is 15.3 Å². The van der Waals surface area contributed by atoms with Gasteiger partial charge in [0.15, 0.2) is 11.6 Å². The molecule has 0 spiro atoms. The van der Waals surface area contributed by atoms with Crippen LogP contribution in [0.1, 0.15) is 11.1 Å². The molecule has 0 aromatic heterocycles. The van der Waals surface area contributed by atoms with Gasteiger partial charge < -0.3 is 15.3 Å². The van der Waals surface area contributed by atoms with E-state index in [9.17, 15) is 14.6 Å². The summed E-state index contributed by atoms with van der Waals surface area (Å²) in [5.74, 6) is -1.45. The van der Waals surface area contributed by atoms with Gasteiger partial charge in [0, 0.05) is 11.6 Å². The first kappa shape index (κ1) is 12.0. The minimum absolute atomic E-state index is 0.0839. The Morgan fingerprint density at radius 1 is 0.833 bits per heavy atom. The summed E-state index contributed by atoms with van der Waals surface area (Å²) in [6.07, 6.45) is 3.04. The molecule has 4 heteroatoms. The van der Waals surface area contributed by atoms with Crippen LogP contribution in [0.15, 0.2) is 36.4 Å². The van der Waals surface area contributed by atoms with Crippen molar-refractivity contribution in [1.82, 2.24) is 0 Å². The van der Waals surface area contributed by atoms with Crippen LogP contribution in [0, 0.1) is 5.82 Å². The number of hydrogen-bond acceptors (Lipinski definition) is 3. The average Bonchev–Trinajstić information content (AvgIpc) is 2.34. The lowest BCUT2D eigenvalue weighted by molar-refractivity contribution is 0.418. The fourth-order valence-corrected chi connectivity index (χ4v) is 1.51. The average molecular weight is 246 g/mol. The fraction of sp³-hybridized carbons (Fsp3) is 0. The normalized spacial score (nSPS) is 10.9. The summed E-state index contributed by atoms with van der Waals surface area (Å²) >= 11 is 0. The Kier molecular flexibility index (Phi) is 3.19.